The van der Waals surface area contributed by atoms with E-state index in [4.69, 9.17) is 28.9 Å². The predicted octanol–water partition coefficient (Wildman–Crippen LogP) is 4.36. The maximum Gasteiger partial charge on any atom is 0.189 e. The summed E-state index contributed by atoms with van der Waals surface area (Å²) >= 11 is 12.2. The third-order valence-corrected chi connectivity index (χ3v) is 4.82. The Kier molecular flexibility index (Phi) is 6.21. The van der Waals surface area contributed by atoms with Gasteiger partial charge in [-0.05, 0) is 56.2 Å². The Morgan fingerprint density at radius 3 is 2.61 bits per heavy atom. The van der Waals surface area contributed by atoms with Gasteiger partial charge in [0.05, 0.1) is 18.3 Å². The van der Waals surface area contributed by atoms with Crippen molar-refractivity contribution in [3.63, 3.8) is 0 Å². The van der Waals surface area contributed by atoms with E-state index >= 15 is 0 Å². The van der Waals surface area contributed by atoms with Gasteiger partial charge in [-0.1, -0.05) is 35.3 Å². The average molecular weight is 417 g/mol. The number of hydrogen-bond donors (Lipinski definition) is 2. The quantitative estimate of drug-likeness (QED) is 0.478. The van der Waals surface area contributed by atoms with Crippen LogP contribution in [0.4, 0.5) is 0 Å². The van der Waals surface area contributed by atoms with Crippen molar-refractivity contribution >= 4 is 29.2 Å². The van der Waals surface area contributed by atoms with Crippen LogP contribution in [0.25, 0.3) is 5.82 Å². The fraction of sp³-hybridized carbons (Fsp3) is 0.250. The number of nitrogens with zero attached hydrogens (tertiary/aromatic N) is 4. The van der Waals surface area contributed by atoms with Gasteiger partial charge >= 0.3 is 0 Å². The van der Waals surface area contributed by atoms with Gasteiger partial charge in [-0.15, -0.1) is 0 Å². The van der Waals surface area contributed by atoms with Crippen molar-refractivity contribution in [1.29, 1.82) is 0 Å². The van der Waals surface area contributed by atoms with Crippen molar-refractivity contribution in [3.8, 4) is 5.82 Å². The van der Waals surface area contributed by atoms with Crippen LogP contribution in [-0.2, 0) is 6.54 Å². The second-order valence-electron chi connectivity index (χ2n) is 6.60. The summed E-state index contributed by atoms with van der Waals surface area (Å²) in [4.78, 5) is 8.85. The third-order valence-electron chi connectivity index (χ3n) is 4.26. The summed E-state index contributed by atoms with van der Waals surface area (Å²) in [5, 5.41) is 8.76. The fourth-order valence-electron chi connectivity index (χ4n) is 2.87. The zero-order valence-electron chi connectivity index (χ0n) is 15.9. The average Bonchev–Trinajstić information content (AvgIpc) is 2.98. The Bertz CT molecular complexity index is 994. The lowest BCUT2D eigenvalue weighted by molar-refractivity contribution is 0.708. The van der Waals surface area contributed by atoms with Crippen LogP contribution in [0.3, 0.4) is 0 Å². The van der Waals surface area contributed by atoms with Gasteiger partial charge in [0.1, 0.15) is 0 Å². The number of guanidine groups is 1. The number of aliphatic imine (C=N–C) groups is 1. The Labute approximate surface area is 174 Å². The predicted molar refractivity (Wildman–Crippen MR) is 114 cm³/mol. The molecule has 3 N–H and O–H groups in total. The van der Waals surface area contributed by atoms with E-state index in [1.54, 1.807) is 18.3 Å². The standard InChI is InChI=1S/C20H22Cl2N6/c1-12-8-13(2)28(27-12)19-7-4-15(10-24-19)11-25-20(23)26-14(3)17-6-5-16(21)9-18(17)22/h4-10,14H,11H2,1-3H3,(H3,23,25,26). The molecule has 0 saturated heterocycles. The first-order valence-electron chi connectivity index (χ1n) is 8.83. The number of aryl methyl sites for hydroxylation is 2. The first-order chi connectivity index (χ1) is 13.3. The van der Waals surface area contributed by atoms with Gasteiger partial charge in [-0.25, -0.2) is 14.7 Å². The van der Waals surface area contributed by atoms with Crippen LogP contribution in [0.2, 0.25) is 10.0 Å². The van der Waals surface area contributed by atoms with Crippen LogP contribution in [0, 0.1) is 13.8 Å². The van der Waals surface area contributed by atoms with Gasteiger partial charge in [-0.2, -0.15) is 5.10 Å². The molecule has 8 heteroatoms. The van der Waals surface area contributed by atoms with Gasteiger partial charge in [-0.3, -0.25) is 0 Å². The molecule has 0 spiro atoms. The van der Waals surface area contributed by atoms with E-state index in [0.29, 0.717) is 22.5 Å². The van der Waals surface area contributed by atoms with Crippen LogP contribution >= 0.6 is 23.2 Å². The molecular weight excluding hydrogens is 395 g/mol. The van der Waals surface area contributed by atoms with Crippen molar-refractivity contribution in [2.45, 2.75) is 33.4 Å². The molecule has 0 saturated carbocycles. The smallest absolute Gasteiger partial charge is 0.189 e. The Hall–Kier alpha value is -2.57. The summed E-state index contributed by atoms with van der Waals surface area (Å²) in [6.45, 7) is 6.34. The Morgan fingerprint density at radius 1 is 1.21 bits per heavy atom. The molecule has 1 unspecified atom stereocenters. The van der Waals surface area contributed by atoms with Gasteiger partial charge in [0, 0.05) is 21.9 Å². The molecule has 1 atom stereocenters. The van der Waals surface area contributed by atoms with Crippen LogP contribution in [0.5, 0.6) is 0 Å². The van der Waals surface area contributed by atoms with Gasteiger partial charge in [0.2, 0.25) is 0 Å². The van der Waals surface area contributed by atoms with E-state index in [0.717, 1.165) is 28.3 Å². The molecule has 3 aromatic rings. The number of benzene rings is 1. The highest BCUT2D eigenvalue weighted by Gasteiger charge is 2.11. The molecule has 0 radical (unpaired) electrons. The highest BCUT2D eigenvalue weighted by atomic mass is 35.5. The van der Waals surface area contributed by atoms with E-state index in [1.165, 1.54) is 0 Å². The van der Waals surface area contributed by atoms with Crippen molar-refractivity contribution in [2.75, 3.05) is 0 Å². The first kappa shape index (κ1) is 20.2. The van der Waals surface area contributed by atoms with Crippen molar-refractivity contribution in [3.05, 3.63) is 75.2 Å². The highest BCUT2D eigenvalue weighted by molar-refractivity contribution is 6.35. The fourth-order valence-corrected chi connectivity index (χ4v) is 3.44. The number of hydrogen-bond acceptors (Lipinski definition) is 3. The number of pyridine rings is 1. The lowest BCUT2D eigenvalue weighted by Crippen LogP contribution is -2.34. The summed E-state index contributed by atoms with van der Waals surface area (Å²) in [6.07, 6.45) is 1.78. The van der Waals surface area contributed by atoms with Crippen LogP contribution in [0.1, 0.15) is 35.5 Å². The molecule has 0 bridgehead atoms. The normalized spacial score (nSPS) is 12.8. The molecule has 0 fully saturated rings. The lowest BCUT2D eigenvalue weighted by Gasteiger charge is -2.16. The largest absolute Gasteiger partial charge is 0.370 e. The lowest BCUT2D eigenvalue weighted by atomic mass is 10.1. The molecule has 2 heterocycles. The minimum absolute atomic E-state index is 0.0972. The maximum atomic E-state index is 6.24. The van der Waals surface area contributed by atoms with Crippen LogP contribution in [-0.4, -0.2) is 20.7 Å². The van der Waals surface area contributed by atoms with Crippen LogP contribution in [0.15, 0.2) is 47.6 Å². The summed E-state index contributed by atoms with van der Waals surface area (Å²) in [5.41, 5.74) is 9.87. The highest BCUT2D eigenvalue weighted by Crippen LogP contribution is 2.25. The number of nitrogens with two attached hydrogens (primary N) is 1. The first-order valence-corrected chi connectivity index (χ1v) is 9.59. The monoisotopic (exact) mass is 416 g/mol. The summed E-state index contributed by atoms with van der Waals surface area (Å²) in [7, 11) is 0. The number of nitrogens with one attached hydrogen (secondary N) is 1. The number of halogens is 2. The molecule has 0 amide bonds. The molecule has 0 aliphatic carbocycles. The molecule has 28 heavy (non-hydrogen) atoms. The topological polar surface area (TPSA) is 81.1 Å². The van der Waals surface area contributed by atoms with Gasteiger partial charge in [0.15, 0.2) is 11.8 Å². The third kappa shape index (κ3) is 4.82. The molecule has 3 rings (SSSR count). The minimum Gasteiger partial charge on any atom is -0.370 e. The van der Waals surface area contributed by atoms with E-state index < -0.39 is 0 Å². The number of aromatic nitrogens is 3. The second kappa shape index (κ2) is 8.63. The molecule has 0 aliphatic heterocycles. The van der Waals surface area contributed by atoms with Crippen molar-refractivity contribution < 1.29 is 0 Å². The maximum absolute atomic E-state index is 6.24. The van der Waals surface area contributed by atoms with E-state index in [-0.39, 0.29) is 6.04 Å². The molecule has 2 aromatic heterocycles. The van der Waals surface area contributed by atoms with E-state index in [9.17, 15) is 0 Å². The minimum atomic E-state index is -0.0972. The van der Waals surface area contributed by atoms with Crippen LogP contribution < -0.4 is 11.1 Å². The Balaban J connectivity index is 1.63. The molecular formula is C20H22Cl2N6. The van der Waals surface area contributed by atoms with E-state index in [2.05, 4.69) is 20.4 Å². The summed E-state index contributed by atoms with van der Waals surface area (Å²) in [6, 6.07) is 11.2. The molecule has 0 aliphatic rings. The Morgan fingerprint density at radius 2 is 2.00 bits per heavy atom. The zero-order chi connectivity index (χ0) is 20.3. The molecule has 1 aromatic carbocycles. The summed E-state index contributed by atoms with van der Waals surface area (Å²) in [5.74, 6) is 1.11. The zero-order valence-corrected chi connectivity index (χ0v) is 17.5. The van der Waals surface area contributed by atoms with E-state index in [1.807, 2.05) is 49.7 Å². The summed E-state index contributed by atoms with van der Waals surface area (Å²) < 4.78 is 1.82. The van der Waals surface area contributed by atoms with Crippen molar-refractivity contribution in [1.82, 2.24) is 20.1 Å². The molecule has 6 nitrogen and oxygen atoms in total. The van der Waals surface area contributed by atoms with Gasteiger partial charge in [0.25, 0.3) is 0 Å². The van der Waals surface area contributed by atoms with Crippen molar-refractivity contribution in [2.24, 2.45) is 10.7 Å². The second-order valence-corrected chi connectivity index (χ2v) is 7.44. The number of rotatable bonds is 5. The SMILES string of the molecule is Cc1cc(C)n(-c2ccc(CN=C(N)NC(C)c3ccc(Cl)cc3Cl)cn2)n1. The molecule has 146 valence electrons. The van der Waals surface area contributed by atoms with Gasteiger partial charge < -0.3 is 11.1 Å².